The van der Waals surface area contributed by atoms with E-state index in [2.05, 4.69) is 22.2 Å². The van der Waals surface area contributed by atoms with Crippen LogP contribution in [0.15, 0.2) is 29.6 Å². The van der Waals surface area contributed by atoms with Crippen LogP contribution in [0.2, 0.25) is 0 Å². The topological polar surface area (TPSA) is 16.1 Å². The van der Waals surface area contributed by atoms with Crippen molar-refractivity contribution in [1.82, 2.24) is 9.88 Å². The Balaban J connectivity index is 1.71. The Bertz CT molecular complexity index is 577. The van der Waals surface area contributed by atoms with Crippen molar-refractivity contribution in [1.29, 1.82) is 0 Å². The minimum absolute atomic E-state index is 0.106. The average molecular weight is 290 g/mol. The van der Waals surface area contributed by atoms with Crippen molar-refractivity contribution in [2.24, 2.45) is 0 Å². The first-order valence-corrected chi connectivity index (χ1v) is 8.05. The van der Waals surface area contributed by atoms with E-state index in [0.717, 1.165) is 24.2 Å². The monoisotopic (exact) mass is 290 g/mol. The van der Waals surface area contributed by atoms with Crippen molar-refractivity contribution >= 4 is 11.3 Å². The molecule has 0 aliphatic heterocycles. The molecule has 106 valence electrons. The largest absolute Gasteiger partial charge is 0.290 e. The number of rotatable bonds is 6. The van der Waals surface area contributed by atoms with E-state index < -0.39 is 0 Å². The van der Waals surface area contributed by atoms with Gasteiger partial charge >= 0.3 is 0 Å². The lowest BCUT2D eigenvalue weighted by atomic mass is 10.2. The Morgan fingerprint density at radius 1 is 1.30 bits per heavy atom. The molecule has 2 nitrogen and oxygen atoms in total. The Morgan fingerprint density at radius 2 is 2.10 bits per heavy atom. The maximum absolute atomic E-state index is 13.8. The summed E-state index contributed by atoms with van der Waals surface area (Å²) < 4.78 is 13.8. The third kappa shape index (κ3) is 3.25. The highest BCUT2D eigenvalue weighted by Crippen LogP contribution is 2.30. The SMILES string of the molecule is CCc1nc(CN(Cc2ccccc2F)C2CC2)cs1. The lowest BCUT2D eigenvalue weighted by Gasteiger charge is -2.21. The van der Waals surface area contributed by atoms with Crippen molar-refractivity contribution in [3.8, 4) is 0 Å². The van der Waals surface area contributed by atoms with E-state index in [1.54, 1.807) is 23.5 Å². The van der Waals surface area contributed by atoms with Gasteiger partial charge in [-0.25, -0.2) is 9.37 Å². The van der Waals surface area contributed by atoms with E-state index in [0.29, 0.717) is 12.6 Å². The minimum Gasteiger partial charge on any atom is -0.290 e. The molecule has 0 spiro atoms. The normalized spacial score (nSPS) is 14.9. The van der Waals surface area contributed by atoms with Crippen LogP contribution in [0, 0.1) is 5.82 Å². The number of thiazole rings is 1. The molecule has 0 unspecified atom stereocenters. The highest BCUT2D eigenvalue weighted by atomic mass is 32.1. The van der Waals surface area contributed by atoms with Crippen LogP contribution >= 0.6 is 11.3 Å². The highest BCUT2D eigenvalue weighted by molar-refractivity contribution is 7.09. The summed E-state index contributed by atoms with van der Waals surface area (Å²) in [5, 5.41) is 3.32. The predicted molar refractivity (Wildman–Crippen MR) is 80.2 cm³/mol. The maximum atomic E-state index is 13.8. The number of aromatic nitrogens is 1. The van der Waals surface area contributed by atoms with E-state index in [9.17, 15) is 4.39 Å². The third-order valence-electron chi connectivity index (χ3n) is 3.66. The van der Waals surface area contributed by atoms with Crippen LogP contribution in [0.4, 0.5) is 4.39 Å². The molecule has 1 aliphatic rings. The molecule has 1 aromatic carbocycles. The van der Waals surface area contributed by atoms with Gasteiger partial charge in [-0.15, -0.1) is 11.3 Å². The van der Waals surface area contributed by atoms with Gasteiger partial charge < -0.3 is 0 Å². The molecule has 1 aromatic heterocycles. The summed E-state index contributed by atoms with van der Waals surface area (Å²) in [5.41, 5.74) is 1.90. The molecule has 4 heteroatoms. The number of hydrogen-bond acceptors (Lipinski definition) is 3. The van der Waals surface area contributed by atoms with Crippen LogP contribution < -0.4 is 0 Å². The number of benzene rings is 1. The zero-order valence-corrected chi connectivity index (χ0v) is 12.5. The van der Waals surface area contributed by atoms with Gasteiger partial charge in [0.25, 0.3) is 0 Å². The summed E-state index contributed by atoms with van der Waals surface area (Å²) in [6, 6.07) is 7.67. The van der Waals surface area contributed by atoms with Gasteiger partial charge in [0.1, 0.15) is 5.82 Å². The molecule has 0 saturated heterocycles. The molecule has 1 heterocycles. The summed E-state index contributed by atoms with van der Waals surface area (Å²) in [4.78, 5) is 6.98. The van der Waals surface area contributed by atoms with Gasteiger partial charge in [-0.3, -0.25) is 4.90 Å². The molecule has 1 fully saturated rings. The van der Waals surface area contributed by atoms with Crippen LogP contribution in [-0.2, 0) is 19.5 Å². The van der Waals surface area contributed by atoms with Gasteiger partial charge in [-0.05, 0) is 25.3 Å². The van der Waals surface area contributed by atoms with Crippen LogP contribution in [0.25, 0.3) is 0 Å². The first-order valence-electron chi connectivity index (χ1n) is 7.17. The first-order chi connectivity index (χ1) is 9.76. The minimum atomic E-state index is -0.106. The van der Waals surface area contributed by atoms with Crippen molar-refractivity contribution in [3.63, 3.8) is 0 Å². The molecule has 1 aliphatic carbocycles. The number of aryl methyl sites for hydroxylation is 1. The molecular formula is C16H19FN2S. The quantitative estimate of drug-likeness (QED) is 0.799. The van der Waals surface area contributed by atoms with Crippen molar-refractivity contribution < 1.29 is 4.39 Å². The van der Waals surface area contributed by atoms with Crippen molar-refractivity contribution in [3.05, 3.63) is 51.7 Å². The van der Waals surface area contributed by atoms with Crippen molar-refractivity contribution in [2.45, 2.75) is 45.3 Å². The second-order valence-corrected chi connectivity index (χ2v) is 6.26. The summed E-state index contributed by atoms with van der Waals surface area (Å²) in [6.45, 7) is 3.63. The van der Waals surface area contributed by atoms with E-state index in [1.165, 1.54) is 17.8 Å². The number of halogens is 1. The fourth-order valence-corrected chi connectivity index (χ4v) is 3.13. The molecule has 0 N–H and O–H groups in total. The zero-order chi connectivity index (χ0) is 13.9. The molecule has 0 amide bonds. The van der Waals surface area contributed by atoms with Gasteiger partial charge in [0, 0.05) is 30.1 Å². The summed E-state index contributed by atoms with van der Waals surface area (Å²) >= 11 is 1.72. The lowest BCUT2D eigenvalue weighted by Crippen LogP contribution is -2.25. The summed E-state index contributed by atoms with van der Waals surface area (Å²) in [5.74, 6) is -0.106. The number of nitrogens with zero attached hydrogens (tertiary/aromatic N) is 2. The lowest BCUT2D eigenvalue weighted by molar-refractivity contribution is 0.239. The Morgan fingerprint density at radius 3 is 2.75 bits per heavy atom. The average Bonchev–Trinajstić information content (AvgIpc) is 3.21. The number of hydrogen-bond donors (Lipinski definition) is 0. The Labute approximate surface area is 123 Å². The smallest absolute Gasteiger partial charge is 0.127 e. The highest BCUT2D eigenvalue weighted by Gasteiger charge is 2.29. The fraction of sp³-hybridized carbons (Fsp3) is 0.438. The fourth-order valence-electron chi connectivity index (χ4n) is 2.39. The van der Waals surface area contributed by atoms with Crippen LogP contribution in [0.5, 0.6) is 0 Å². The summed E-state index contributed by atoms with van der Waals surface area (Å²) in [7, 11) is 0. The summed E-state index contributed by atoms with van der Waals surface area (Å²) in [6.07, 6.45) is 3.43. The maximum Gasteiger partial charge on any atom is 0.127 e. The van der Waals surface area contributed by atoms with Crippen LogP contribution in [0.1, 0.15) is 36.0 Å². The third-order valence-corrected chi connectivity index (χ3v) is 4.70. The molecule has 20 heavy (non-hydrogen) atoms. The Hall–Kier alpha value is -1.26. The van der Waals surface area contributed by atoms with Gasteiger partial charge in [0.2, 0.25) is 0 Å². The molecule has 0 radical (unpaired) electrons. The molecule has 0 bridgehead atoms. The first kappa shape index (κ1) is 13.7. The second kappa shape index (κ2) is 6.02. The van der Waals surface area contributed by atoms with Crippen molar-refractivity contribution in [2.75, 3.05) is 0 Å². The molecule has 3 rings (SSSR count). The molecular weight excluding hydrogens is 271 g/mol. The Kier molecular flexibility index (Phi) is 4.13. The second-order valence-electron chi connectivity index (χ2n) is 5.31. The molecule has 0 atom stereocenters. The van der Waals surface area contributed by atoms with E-state index >= 15 is 0 Å². The van der Waals surface area contributed by atoms with Gasteiger partial charge in [-0.1, -0.05) is 25.1 Å². The molecule has 2 aromatic rings. The van der Waals surface area contributed by atoms with Gasteiger partial charge in [0.05, 0.1) is 10.7 Å². The molecule has 1 saturated carbocycles. The van der Waals surface area contributed by atoms with E-state index in [1.807, 2.05) is 12.1 Å². The van der Waals surface area contributed by atoms with E-state index in [-0.39, 0.29) is 5.82 Å². The predicted octanol–water partition coefficient (Wildman–Crippen LogP) is 4.01. The van der Waals surface area contributed by atoms with Gasteiger partial charge in [-0.2, -0.15) is 0 Å². The van der Waals surface area contributed by atoms with Crippen LogP contribution in [0.3, 0.4) is 0 Å². The zero-order valence-electron chi connectivity index (χ0n) is 11.7. The van der Waals surface area contributed by atoms with Crippen LogP contribution in [-0.4, -0.2) is 15.9 Å². The standard InChI is InChI=1S/C16H19FN2S/c1-2-16-18-13(11-20-16)10-19(14-7-8-14)9-12-5-3-4-6-15(12)17/h3-6,11,14H,2,7-10H2,1H3. The van der Waals surface area contributed by atoms with Gasteiger partial charge in [0.15, 0.2) is 0 Å². The van der Waals surface area contributed by atoms with E-state index in [4.69, 9.17) is 0 Å².